The van der Waals surface area contributed by atoms with Gasteiger partial charge in [-0.1, -0.05) is 20.3 Å². The van der Waals surface area contributed by atoms with Gasteiger partial charge in [0.15, 0.2) is 0 Å². The Bertz CT molecular complexity index is 335. The van der Waals surface area contributed by atoms with E-state index in [1.807, 2.05) is 10.8 Å². The van der Waals surface area contributed by atoms with Crippen LogP contribution in [-0.2, 0) is 17.9 Å². The lowest BCUT2D eigenvalue weighted by Crippen LogP contribution is -2.27. The fourth-order valence-corrected chi connectivity index (χ4v) is 1.46. The number of hydrogen-bond donors (Lipinski definition) is 2. The minimum absolute atomic E-state index is 0.0471. The number of hydrogen-bond acceptors (Lipinski definition) is 3. The van der Waals surface area contributed by atoms with Crippen LogP contribution in [0.25, 0.3) is 0 Å². The van der Waals surface area contributed by atoms with Crippen molar-refractivity contribution in [2.75, 3.05) is 13.1 Å². The van der Waals surface area contributed by atoms with Gasteiger partial charge in [0.25, 0.3) is 0 Å². The van der Waals surface area contributed by atoms with E-state index in [2.05, 4.69) is 29.5 Å². The van der Waals surface area contributed by atoms with Crippen molar-refractivity contribution in [1.29, 1.82) is 0 Å². The Morgan fingerprint density at radius 1 is 1.47 bits per heavy atom. The Balaban J connectivity index is 2.30. The van der Waals surface area contributed by atoms with Gasteiger partial charge < -0.3 is 15.2 Å². The van der Waals surface area contributed by atoms with Crippen LogP contribution in [0, 0.1) is 0 Å². The molecule has 1 aromatic rings. The Hall–Kier alpha value is -1.36. The number of carbonyl (C=O) groups is 1. The molecule has 0 aromatic carbocycles. The molecule has 1 rings (SSSR count). The summed E-state index contributed by atoms with van der Waals surface area (Å²) in [6, 6.07) is 0. The van der Waals surface area contributed by atoms with Gasteiger partial charge in [0.2, 0.25) is 5.91 Å². The molecule has 0 bridgehead atoms. The fourth-order valence-electron chi connectivity index (χ4n) is 1.46. The third-order valence-electron chi connectivity index (χ3n) is 2.42. The number of carbonyl (C=O) groups excluding carboxylic acids is 1. The maximum Gasteiger partial charge on any atom is 0.239 e. The predicted octanol–water partition coefficient (Wildman–Crippen LogP) is 0.909. The number of amides is 1. The van der Waals surface area contributed by atoms with E-state index >= 15 is 0 Å². The van der Waals surface area contributed by atoms with Gasteiger partial charge in [0, 0.05) is 19.3 Å². The zero-order chi connectivity index (χ0) is 12.5. The van der Waals surface area contributed by atoms with Gasteiger partial charge in [-0.2, -0.15) is 0 Å². The summed E-state index contributed by atoms with van der Waals surface area (Å²) < 4.78 is 1.81. The molecule has 1 heterocycles. The highest BCUT2D eigenvalue weighted by atomic mass is 16.1. The molecule has 0 aliphatic carbocycles. The third kappa shape index (κ3) is 5.49. The van der Waals surface area contributed by atoms with E-state index in [1.54, 1.807) is 6.33 Å². The molecule has 0 atom stereocenters. The second-order valence-corrected chi connectivity index (χ2v) is 4.02. The first-order valence-corrected chi connectivity index (χ1v) is 6.24. The summed E-state index contributed by atoms with van der Waals surface area (Å²) >= 11 is 0. The maximum absolute atomic E-state index is 11.5. The molecule has 0 fully saturated rings. The van der Waals surface area contributed by atoms with Gasteiger partial charge in [0.05, 0.1) is 12.0 Å². The number of nitrogens with one attached hydrogen (secondary N) is 2. The number of aromatic nitrogens is 2. The highest BCUT2D eigenvalue weighted by Crippen LogP contribution is 1.95. The summed E-state index contributed by atoms with van der Waals surface area (Å²) in [6.07, 6.45) is 5.73. The lowest BCUT2D eigenvalue weighted by Gasteiger charge is -2.04. The van der Waals surface area contributed by atoms with Crippen molar-refractivity contribution in [3.8, 4) is 0 Å². The quantitative estimate of drug-likeness (QED) is 0.662. The largest absolute Gasteiger partial charge is 0.355 e. The minimum atomic E-state index is 0.0471. The van der Waals surface area contributed by atoms with E-state index in [1.165, 1.54) is 0 Å². The molecule has 96 valence electrons. The van der Waals surface area contributed by atoms with Crippen molar-refractivity contribution in [3.05, 3.63) is 18.2 Å². The first kappa shape index (κ1) is 13.7. The molecule has 0 radical (unpaired) electrons. The lowest BCUT2D eigenvalue weighted by molar-refractivity contribution is -0.121. The monoisotopic (exact) mass is 238 g/mol. The fraction of sp³-hybridized carbons (Fsp3) is 0.667. The molecule has 2 N–H and O–H groups in total. The first-order chi connectivity index (χ1) is 8.26. The molecule has 5 heteroatoms. The summed E-state index contributed by atoms with van der Waals surface area (Å²) in [6.45, 7) is 6.94. The van der Waals surface area contributed by atoms with Crippen LogP contribution in [0.2, 0.25) is 0 Å². The van der Waals surface area contributed by atoms with Crippen LogP contribution in [0.1, 0.15) is 32.4 Å². The SMILES string of the molecule is CCCCNC(=O)Cn1cnc(CNCC)c1. The van der Waals surface area contributed by atoms with Crippen LogP contribution in [0.15, 0.2) is 12.5 Å². The van der Waals surface area contributed by atoms with E-state index in [9.17, 15) is 4.79 Å². The zero-order valence-electron chi connectivity index (χ0n) is 10.7. The molecule has 0 spiro atoms. The number of nitrogens with zero attached hydrogens (tertiary/aromatic N) is 2. The van der Waals surface area contributed by atoms with Crippen molar-refractivity contribution < 1.29 is 4.79 Å². The van der Waals surface area contributed by atoms with Gasteiger partial charge in [-0.25, -0.2) is 4.98 Å². The van der Waals surface area contributed by atoms with Crippen molar-refractivity contribution in [1.82, 2.24) is 20.2 Å². The van der Waals surface area contributed by atoms with E-state index in [0.717, 1.165) is 38.2 Å². The maximum atomic E-state index is 11.5. The predicted molar refractivity (Wildman–Crippen MR) is 67.5 cm³/mol. The average Bonchev–Trinajstić information content (AvgIpc) is 2.74. The van der Waals surface area contributed by atoms with Gasteiger partial charge >= 0.3 is 0 Å². The Morgan fingerprint density at radius 3 is 3.00 bits per heavy atom. The molecule has 0 aliphatic heterocycles. The van der Waals surface area contributed by atoms with E-state index in [4.69, 9.17) is 0 Å². The third-order valence-corrected chi connectivity index (χ3v) is 2.42. The van der Waals surface area contributed by atoms with Gasteiger partial charge in [0.1, 0.15) is 6.54 Å². The van der Waals surface area contributed by atoms with E-state index in [0.29, 0.717) is 6.54 Å². The molecular formula is C12H22N4O. The van der Waals surface area contributed by atoms with Crippen molar-refractivity contribution in [2.45, 2.75) is 39.8 Å². The van der Waals surface area contributed by atoms with Gasteiger partial charge in [-0.15, -0.1) is 0 Å². The normalized spacial score (nSPS) is 10.5. The Morgan fingerprint density at radius 2 is 2.29 bits per heavy atom. The number of rotatable bonds is 8. The molecule has 0 saturated heterocycles. The molecule has 1 amide bonds. The van der Waals surface area contributed by atoms with Crippen LogP contribution in [0.4, 0.5) is 0 Å². The Kier molecular flexibility index (Phi) is 6.32. The summed E-state index contributed by atoms with van der Waals surface area (Å²) in [5.74, 6) is 0.0471. The second kappa shape index (κ2) is 7.84. The summed E-state index contributed by atoms with van der Waals surface area (Å²) in [5, 5.41) is 6.08. The molecule has 0 saturated carbocycles. The number of unbranched alkanes of at least 4 members (excludes halogenated alkanes) is 1. The summed E-state index contributed by atoms with van der Waals surface area (Å²) in [4.78, 5) is 15.8. The van der Waals surface area contributed by atoms with Crippen LogP contribution >= 0.6 is 0 Å². The minimum Gasteiger partial charge on any atom is -0.355 e. The smallest absolute Gasteiger partial charge is 0.239 e. The average molecular weight is 238 g/mol. The Labute approximate surface area is 103 Å². The van der Waals surface area contributed by atoms with E-state index < -0.39 is 0 Å². The molecule has 0 unspecified atom stereocenters. The summed E-state index contributed by atoms with van der Waals surface area (Å²) in [7, 11) is 0. The van der Waals surface area contributed by atoms with Gasteiger partial charge in [-0.3, -0.25) is 4.79 Å². The summed E-state index contributed by atoms with van der Waals surface area (Å²) in [5.41, 5.74) is 0.966. The number of imidazole rings is 1. The first-order valence-electron chi connectivity index (χ1n) is 6.24. The van der Waals surface area contributed by atoms with Crippen LogP contribution in [0.3, 0.4) is 0 Å². The standard InChI is InChI=1S/C12H22N4O/c1-3-5-6-14-12(17)9-16-8-11(15-10-16)7-13-4-2/h8,10,13H,3-7,9H2,1-2H3,(H,14,17). The van der Waals surface area contributed by atoms with E-state index in [-0.39, 0.29) is 5.91 Å². The highest BCUT2D eigenvalue weighted by Gasteiger charge is 2.03. The molecular weight excluding hydrogens is 216 g/mol. The zero-order valence-corrected chi connectivity index (χ0v) is 10.7. The topological polar surface area (TPSA) is 59.0 Å². The lowest BCUT2D eigenvalue weighted by atomic mass is 10.3. The van der Waals surface area contributed by atoms with Crippen molar-refractivity contribution in [2.24, 2.45) is 0 Å². The molecule has 5 nitrogen and oxygen atoms in total. The molecule has 0 aliphatic rings. The van der Waals surface area contributed by atoms with Crippen molar-refractivity contribution >= 4 is 5.91 Å². The van der Waals surface area contributed by atoms with Crippen LogP contribution in [0.5, 0.6) is 0 Å². The van der Waals surface area contributed by atoms with Crippen LogP contribution < -0.4 is 10.6 Å². The highest BCUT2D eigenvalue weighted by molar-refractivity contribution is 5.75. The van der Waals surface area contributed by atoms with Crippen molar-refractivity contribution in [3.63, 3.8) is 0 Å². The van der Waals surface area contributed by atoms with Crippen LogP contribution in [-0.4, -0.2) is 28.5 Å². The molecule has 1 aromatic heterocycles. The van der Waals surface area contributed by atoms with Gasteiger partial charge in [-0.05, 0) is 13.0 Å². The molecule has 17 heavy (non-hydrogen) atoms. The second-order valence-electron chi connectivity index (χ2n) is 4.02.